The molecule has 0 atom stereocenters. The van der Waals surface area contributed by atoms with Crippen LogP contribution in [0, 0.1) is 0 Å². The summed E-state index contributed by atoms with van der Waals surface area (Å²) in [4.78, 5) is -0.120. The normalized spacial score (nSPS) is 11.6. The summed E-state index contributed by atoms with van der Waals surface area (Å²) >= 11 is 15.1. The Kier molecular flexibility index (Phi) is 4.66. The van der Waals surface area contributed by atoms with Crippen molar-refractivity contribution in [2.24, 2.45) is 0 Å². The molecule has 0 amide bonds. The molecule has 0 unspecified atom stereocenters. The van der Waals surface area contributed by atoms with Gasteiger partial charge in [-0.05, 0) is 40.2 Å². The molecule has 8 heteroatoms. The van der Waals surface area contributed by atoms with Crippen molar-refractivity contribution >= 4 is 65.6 Å². The fourth-order valence-corrected chi connectivity index (χ4v) is 4.57. The molecule has 4 nitrogen and oxygen atoms in total. The lowest BCUT2D eigenvalue weighted by atomic mass is 10.1. The predicted octanol–water partition coefficient (Wildman–Crippen LogP) is 5.42. The number of rotatable bonds is 3. The quantitative estimate of drug-likeness (QED) is 0.528. The maximum absolute atomic E-state index is 12.7. The van der Waals surface area contributed by atoms with Gasteiger partial charge in [-0.3, -0.25) is 4.72 Å². The van der Waals surface area contributed by atoms with Gasteiger partial charge in [-0.25, -0.2) is 8.42 Å². The van der Waals surface area contributed by atoms with E-state index in [-0.39, 0.29) is 20.7 Å². The van der Waals surface area contributed by atoms with Crippen LogP contribution in [0.2, 0.25) is 10.0 Å². The molecule has 0 aliphatic heterocycles. The molecule has 3 rings (SSSR count). The number of halogens is 3. The standard InChI is InChI=1S/C16H10BrCl2NO3S/c17-12-8-14(10-3-1-2-4-11(10)16(12)21)20-24(22,23)15-7-9(18)5-6-13(15)19/h1-8,20-21H. The maximum Gasteiger partial charge on any atom is 0.263 e. The zero-order valence-corrected chi connectivity index (χ0v) is 15.8. The first-order valence-corrected chi connectivity index (χ1v) is 9.71. The first-order chi connectivity index (χ1) is 11.3. The third-order valence-electron chi connectivity index (χ3n) is 3.40. The Morgan fingerprint density at radius 2 is 1.67 bits per heavy atom. The predicted molar refractivity (Wildman–Crippen MR) is 101 cm³/mol. The molecular formula is C16H10BrCl2NO3S. The van der Waals surface area contributed by atoms with Gasteiger partial charge in [0.1, 0.15) is 10.6 Å². The van der Waals surface area contributed by atoms with Crippen LogP contribution in [0.5, 0.6) is 5.75 Å². The van der Waals surface area contributed by atoms with Crippen LogP contribution >= 0.6 is 39.1 Å². The van der Waals surface area contributed by atoms with Gasteiger partial charge in [-0.15, -0.1) is 0 Å². The van der Waals surface area contributed by atoms with E-state index in [0.717, 1.165) is 0 Å². The van der Waals surface area contributed by atoms with E-state index in [1.54, 1.807) is 24.3 Å². The molecule has 0 aromatic heterocycles. The summed E-state index contributed by atoms with van der Waals surface area (Å²) in [6.45, 7) is 0. The second kappa shape index (κ2) is 6.44. The average molecular weight is 447 g/mol. The fourth-order valence-electron chi connectivity index (χ4n) is 2.29. The van der Waals surface area contributed by atoms with Crippen LogP contribution in [0.1, 0.15) is 0 Å². The highest BCUT2D eigenvalue weighted by molar-refractivity contribution is 9.10. The summed E-state index contributed by atoms with van der Waals surface area (Å²) in [7, 11) is -3.96. The molecule has 3 aromatic rings. The topological polar surface area (TPSA) is 66.4 Å². The van der Waals surface area contributed by atoms with Crippen LogP contribution in [0.25, 0.3) is 10.8 Å². The van der Waals surface area contributed by atoms with E-state index >= 15 is 0 Å². The summed E-state index contributed by atoms with van der Waals surface area (Å²) < 4.78 is 28.2. The Morgan fingerprint density at radius 3 is 2.38 bits per heavy atom. The summed E-state index contributed by atoms with van der Waals surface area (Å²) in [5.74, 6) is 0.0364. The number of sulfonamides is 1. The number of hydrogen-bond acceptors (Lipinski definition) is 3. The Balaban J connectivity index is 2.16. The van der Waals surface area contributed by atoms with Crippen LogP contribution in [0.4, 0.5) is 5.69 Å². The number of anilines is 1. The highest BCUT2D eigenvalue weighted by Crippen LogP contribution is 2.38. The molecule has 0 saturated carbocycles. The summed E-state index contributed by atoms with van der Waals surface area (Å²) in [6.07, 6.45) is 0. The summed E-state index contributed by atoms with van der Waals surface area (Å²) in [6, 6.07) is 12.6. The zero-order valence-electron chi connectivity index (χ0n) is 11.9. The van der Waals surface area contributed by atoms with Crippen molar-refractivity contribution in [1.82, 2.24) is 0 Å². The number of aromatic hydroxyl groups is 1. The molecule has 24 heavy (non-hydrogen) atoms. The number of hydrogen-bond donors (Lipinski definition) is 2. The van der Waals surface area contributed by atoms with Crippen molar-refractivity contribution in [2.75, 3.05) is 4.72 Å². The van der Waals surface area contributed by atoms with Crippen LogP contribution < -0.4 is 4.72 Å². The third kappa shape index (κ3) is 3.19. The molecule has 2 N–H and O–H groups in total. The molecule has 124 valence electrons. The summed E-state index contributed by atoms with van der Waals surface area (Å²) in [5.41, 5.74) is 0.311. The lowest BCUT2D eigenvalue weighted by Crippen LogP contribution is -2.14. The molecule has 0 heterocycles. The zero-order chi connectivity index (χ0) is 17.5. The van der Waals surface area contributed by atoms with Crippen molar-refractivity contribution in [3.8, 4) is 5.75 Å². The number of fused-ring (bicyclic) bond motifs is 1. The first kappa shape index (κ1) is 17.4. The Labute approximate surface area is 157 Å². The molecule has 0 saturated heterocycles. The Hall–Kier alpha value is -1.47. The van der Waals surface area contributed by atoms with Gasteiger partial charge < -0.3 is 5.11 Å². The molecule has 0 aliphatic rings. The van der Waals surface area contributed by atoms with Crippen molar-refractivity contribution in [2.45, 2.75) is 4.90 Å². The summed E-state index contributed by atoms with van der Waals surface area (Å²) in [5, 5.41) is 11.5. The smallest absolute Gasteiger partial charge is 0.263 e. The molecule has 0 fully saturated rings. The molecule has 0 spiro atoms. The number of phenols is 1. The second-order valence-electron chi connectivity index (χ2n) is 4.98. The van der Waals surface area contributed by atoms with Gasteiger partial charge in [0.05, 0.1) is 15.2 Å². The van der Waals surface area contributed by atoms with E-state index < -0.39 is 10.0 Å². The molecule has 0 radical (unpaired) electrons. The van der Waals surface area contributed by atoms with Gasteiger partial charge >= 0.3 is 0 Å². The second-order valence-corrected chi connectivity index (χ2v) is 8.33. The SMILES string of the molecule is O=S(=O)(Nc1cc(Br)c(O)c2ccccc12)c1cc(Cl)ccc1Cl. The molecule has 0 aliphatic carbocycles. The highest BCUT2D eigenvalue weighted by atomic mass is 79.9. The maximum atomic E-state index is 12.7. The minimum absolute atomic E-state index is 0.0364. The van der Waals surface area contributed by atoms with E-state index in [1.807, 2.05) is 0 Å². The first-order valence-electron chi connectivity index (χ1n) is 6.67. The monoisotopic (exact) mass is 445 g/mol. The Morgan fingerprint density at radius 1 is 1.00 bits per heavy atom. The number of phenolic OH excluding ortho intramolecular Hbond substituents is 1. The third-order valence-corrected chi connectivity index (χ3v) is 6.08. The van der Waals surface area contributed by atoms with Crippen molar-refractivity contribution in [3.63, 3.8) is 0 Å². The minimum Gasteiger partial charge on any atom is -0.506 e. The van der Waals surface area contributed by atoms with E-state index in [2.05, 4.69) is 20.7 Å². The lowest BCUT2D eigenvalue weighted by Gasteiger charge is -2.14. The van der Waals surface area contributed by atoms with Crippen molar-refractivity contribution in [3.05, 3.63) is 63.0 Å². The van der Waals surface area contributed by atoms with Gasteiger partial charge in [0.2, 0.25) is 0 Å². The van der Waals surface area contributed by atoms with E-state index in [4.69, 9.17) is 23.2 Å². The van der Waals surface area contributed by atoms with E-state index in [9.17, 15) is 13.5 Å². The average Bonchev–Trinajstić information content (AvgIpc) is 2.54. The van der Waals surface area contributed by atoms with Crippen LogP contribution in [0.15, 0.2) is 57.9 Å². The van der Waals surface area contributed by atoms with Crippen LogP contribution in [-0.4, -0.2) is 13.5 Å². The van der Waals surface area contributed by atoms with Crippen molar-refractivity contribution in [1.29, 1.82) is 0 Å². The highest BCUT2D eigenvalue weighted by Gasteiger charge is 2.21. The van der Waals surface area contributed by atoms with Crippen LogP contribution in [-0.2, 0) is 10.0 Å². The molecular weight excluding hydrogens is 437 g/mol. The number of benzene rings is 3. The van der Waals surface area contributed by atoms with Gasteiger partial charge in [0.15, 0.2) is 0 Å². The van der Waals surface area contributed by atoms with Gasteiger partial charge in [-0.1, -0.05) is 47.5 Å². The number of nitrogens with one attached hydrogen (secondary N) is 1. The van der Waals surface area contributed by atoms with Gasteiger partial charge in [0, 0.05) is 15.8 Å². The largest absolute Gasteiger partial charge is 0.506 e. The molecule has 3 aromatic carbocycles. The Bertz CT molecular complexity index is 1050. The van der Waals surface area contributed by atoms with Crippen LogP contribution in [0.3, 0.4) is 0 Å². The van der Waals surface area contributed by atoms with E-state index in [1.165, 1.54) is 24.3 Å². The fraction of sp³-hybridized carbons (Fsp3) is 0. The van der Waals surface area contributed by atoms with Gasteiger partial charge in [-0.2, -0.15) is 0 Å². The van der Waals surface area contributed by atoms with Gasteiger partial charge in [0.25, 0.3) is 10.0 Å². The van der Waals surface area contributed by atoms with E-state index in [0.29, 0.717) is 20.9 Å². The van der Waals surface area contributed by atoms with Crippen molar-refractivity contribution < 1.29 is 13.5 Å². The molecule has 0 bridgehead atoms. The lowest BCUT2D eigenvalue weighted by molar-refractivity contribution is 0.478. The minimum atomic E-state index is -3.96.